The van der Waals surface area contributed by atoms with Crippen LogP contribution in [0.4, 0.5) is 35.9 Å². The molecule has 0 saturated heterocycles. The molecule has 300 valence electrons. The number of nitrogens with zero attached hydrogens (tertiary/aromatic N) is 2. The molecule has 0 unspecified atom stereocenters. The van der Waals surface area contributed by atoms with E-state index in [1.165, 1.54) is 30.3 Å². The average Bonchev–Trinajstić information content (AvgIpc) is 3.22. The highest BCUT2D eigenvalue weighted by molar-refractivity contribution is 6.43. The molecule has 0 radical (unpaired) electrons. The second-order valence-electron chi connectivity index (χ2n) is 12.0. The Labute approximate surface area is 332 Å². The number of unbranched alkanes of at least 4 members (excludes halogenated alkanes) is 2. The van der Waals surface area contributed by atoms with E-state index in [4.69, 9.17) is 18.9 Å². The second kappa shape index (κ2) is 22.4. The van der Waals surface area contributed by atoms with Gasteiger partial charge in [-0.1, -0.05) is 25.0 Å². The lowest BCUT2D eigenvalue weighted by Crippen LogP contribution is -2.30. The van der Waals surface area contributed by atoms with Crippen molar-refractivity contribution in [2.24, 2.45) is 10.2 Å². The van der Waals surface area contributed by atoms with Crippen LogP contribution < -0.4 is 20.1 Å². The molecular weight excluding hydrogens is 757 g/mol. The molecular formula is C43H39F3N4O8. The van der Waals surface area contributed by atoms with Crippen molar-refractivity contribution in [2.45, 2.75) is 31.9 Å². The van der Waals surface area contributed by atoms with Crippen molar-refractivity contribution < 1.29 is 51.3 Å². The molecule has 2 amide bonds. The smallest absolute Gasteiger partial charge is 0.418 e. The molecule has 2 N–H and O–H groups in total. The average molecular weight is 797 g/mol. The summed E-state index contributed by atoms with van der Waals surface area (Å²) in [6, 6.07) is 22.6. The SMILES string of the molecule is C=CC(=O)OCCCCOc1ccc(C#Cc2ccc(NC(=O)C(=O)Nc3ccc(N=Nc4ccc(OCCCCOC(=O)C=C)cc4)cc3)c(C(F)(F)F)c2)cc1. The van der Waals surface area contributed by atoms with Crippen LogP contribution >= 0.6 is 0 Å². The lowest BCUT2D eigenvalue weighted by atomic mass is 10.1. The summed E-state index contributed by atoms with van der Waals surface area (Å²) in [6.45, 7) is 8.03. The zero-order chi connectivity index (χ0) is 41.8. The molecule has 4 aromatic carbocycles. The minimum absolute atomic E-state index is 0.0319. The highest BCUT2D eigenvalue weighted by Crippen LogP contribution is 2.35. The maximum Gasteiger partial charge on any atom is 0.418 e. The predicted molar refractivity (Wildman–Crippen MR) is 210 cm³/mol. The van der Waals surface area contributed by atoms with Gasteiger partial charge in [-0.2, -0.15) is 23.4 Å². The molecule has 0 fully saturated rings. The Morgan fingerprint density at radius 1 is 0.603 bits per heavy atom. The van der Waals surface area contributed by atoms with Crippen molar-refractivity contribution in [3.63, 3.8) is 0 Å². The summed E-state index contributed by atoms with van der Waals surface area (Å²) in [6.07, 6.45) is -0.0633. The van der Waals surface area contributed by atoms with E-state index in [0.717, 1.165) is 24.3 Å². The summed E-state index contributed by atoms with van der Waals surface area (Å²) in [7, 11) is 0. The molecule has 4 rings (SSSR count). The van der Waals surface area contributed by atoms with Crippen LogP contribution in [-0.4, -0.2) is 50.2 Å². The van der Waals surface area contributed by atoms with Crippen LogP contribution in [0.25, 0.3) is 0 Å². The number of carbonyl (C=O) groups is 4. The van der Waals surface area contributed by atoms with Crippen LogP contribution in [0.1, 0.15) is 42.4 Å². The third-order valence-electron chi connectivity index (χ3n) is 7.66. The first-order chi connectivity index (χ1) is 27.9. The number of alkyl halides is 3. The Morgan fingerprint density at radius 2 is 1.05 bits per heavy atom. The highest BCUT2D eigenvalue weighted by atomic mass is 19.4. The zero-order valence-corrected chi connectivity index (χ0v) is 31.2. The van der Waals surface area contributed by atoms with Crippen LogP contribution in [0.5, 0.6) is 11.5 Å². The molecule has 0 aliphatic rings. The molecule has 4 aromatic rings. The largest absolute Gasteiger partial charge is 0.494 e. The number of ether oxygens (including phenoxy) is 4. The fraction of sp³-hybridized carbons (Fsp3) is 0.209. The predicted octanol–water partition coefficient (Wildman–Crippen LogP) is 8.87. The van der Waals surface area contributed by atoms with Crippen molar-refractivity contribution in [1.82, 2.24) is 0 Å². The number of amides is 2. The normalized spacial score (nSPS) is 10.7. The number of carbonyl (C=O) groups excluding carboxylic acids is 4. The topological polar surface area (TPSA) is 154 Å². The van der Waals surface area contributed by atoms with Crippen LogP contribution in [-0.2, 0) is 34.8 Å². The summed E-state index contributed by atoms with van der Waals surface area (Å²) in [4.78, 5) is 47.3. The summed E-state index contributed by atoms with van der Waals surface area (Å²) in [5.41, 5.74) is -0.0656. The quantitative estimate of drug-likeness (QED) is 0.0253. The van der Waals surface area contributed by atoms with Gasteiger partial charge in [0.05, 0.1) is 49.1 Å². The van der Waals surface area contributed by atoms with Gasteiger partial charge in [-0.15, -0.1) is 0 Å². The Balaban J connectivity index is 1.25. The first-order valence-electron chi connectivity index (χ1n) is 17.8. The van der Waals surface area contributed by atoms with E-state index in [2.05, 4.69) is 40.5 Å². The fourth-order valence-corrected chi connectivity index (χ4v) is 4.70. The first kappa shape index (κ1) is 43.5. The van der Waals surface area contributed by atoms with Gasteiger partial charge in [0, 0.05) is 29.0 Å². The van der Waals surface area contributed by atoms with Gasteiger partial charge in [-0.25, -0.2) is 9.59 Å². The van der Waals surface area contributed by atoms with Crippen molar-refractivity contribution in [2.75, 3.05) is 37.1 Å². The van der Waals surface area contributed by atoms with Gasteiger partial charge in [0.15, 0.2) is 0 Å². The van der Waals surface area contributed by atoms with E-state index in [9.17, 15) is 32.3 Å². The maximum atomic E-state index is 14.0. The number of benzene rings is 4. The molecule has 0 saturated carbocycles. The van der Waals surface area contributed by atoms with Gasteiger partial charge in [0.2, 0.25) is 0 Å². The van der Waals surface area contributed by atoms with E-state index in [1.54, 1.807) is 48.5 Å². The van der Waals surface area contributed by atoms with Gasteiger partial charge in [0.25, 0.3) is 0 Å². The first-order valence-corrected chi connectivity index (χ1v) is 17.8. The van der Waals surface area contributed by atoms with Gasteiger partial charge in [-0.05, 0) is 117 Å². The number of anilines is 2. The molecule has 0 heterocycles. The number of esters is 2. The third kappa shape index (κ3) is 15.1. The molecule has 0 aliphatic heterocycles. The minimum atomic E-state index is -4.87. The van der Waals surface area contributed by atoms with Crippen molar-refractivity contribution in [3.8, 4) is 23.3 Å². The molecule has 0 atom stereocenters. The molecule has 58 heavy (non-hydrogen) atoms. The Bertz CT molecular complexity index is 2140. The molecule has 0 bridgehead atoms. The van der Waals surface area contributed by atoms with Gasteiger partial charge >= 0.3 is 29.9 Å². The van der Waals surface area contributed by atoms with E-state index < -0.39 is 41.2 Å². The Hall–Kier alpha value is -7.21. The fourth-order valence-electron chi connectivity index (χ4n) is 4.70. The third-order valence-corrected chi connectivity index (χ3v) is 7.66. The molecule has 0 spiro atoms. The Kier molecular flexibility index (Phi) is 16.8. The second-order valence-corrected chi connectivity index (χ2v) is 12.0. The lowest BCUT2D eigenvalue weighted by molar-refractivity contribution is -0.138. The van der Waals surface area contributed by atoms with Crippen LogP contribution in [0.15, 0.2) is 127 Å². The van der Waals surface area contributed by atoms with E-state index in [1.807, 2.05) is 5.32 Å². The van der Waals surface area contributed by atoms with Gasteiger partial charge in [0.1, 0.15) is 11.5 Å². The van der Waals surface area contributed by atoms with Crippen molar-refractivity contribution in [3.05, 3.63) is 133 Å². The summed E-state index contributed by atoms with van der Waals surface area (Å²) in [5.74, 6) is 3.23. The van der Waals surface area contributed by atoms with Gasteiger partial charge < -0.3 is 29.6 Å². The molecule has 12 nitrogen and oxygen atoms in total. The molecule has 0 aliphatic carbocycles. The van der Waals surface area contributed by atoms with E-state index in [-0.39, 0.29) is 24.5 Å². The minimum Gasteiger partial charge on any atom is -0.494 e. The van der Waals surface area contributed by atoms with Crippen molar-refractivity contribution >= 4 is 46.5 Å². The standard InChI is InChI=1S/C43H39F3N4O8/c1-3-39(51)57-27-7-5-25-55-35-20-11-30(12-21-35)9-10-31-13-24-38(37(29-31)43(44,45)46)48-42(54)41(53)47-32-14-16-33(17-15-32)49-50-34-18-22-36(23-19-34)56-26-6-8-28-58-40(52)4-2/h3-4,11-24,29H,1-2,5-8,25-28H2,(H,47,53)(H,48,54). The van der Waals surface area contributed by atoms with Gasteiger partial charge in [-0.3, -0.25) is 9.59 Å². The number of hydrogen-bond acceptors (Lipinski definition) is 10. The number of hydrogen-bond donors (Lipinski definition) is 2. The van der Waals surface area contributed by atoms with Crippen LogP contribution in [0.3, 0.4) is 0 Å². The number of rotatable bonds is 18. The number of halogens is 3. The summed E-state index contributed by atoms with van der Waals surface area (Å²) in [5, 5.41) is 12.7. The molecule has 0 aromatic heterocycles. The number of nitrogens with one attached hydrogen (secondary N) is 2. The van der Waals surface area contributed by atoms with Crippen LogP contribution in [0, 0.1) is 11.8 Å². The Morgan fingerprint density at radius 3 is 1.57 bits per heavy atom. The lowest BCUT2D eigenvalue weighted by Gasteiger charge is -2.14. The van der Waals surface area contributed by atoms with Crippen molar-refractivity contribution in [1.29, 1.82) is 0 Å². The highest BCUT2D eigenvalue weighted by Gasteiger charge is 2.34. The van der Waals surface area contributed by atoms with E-state index in [0.29, 0.717) is 67.3 Å². The maximum absolute atomic E-state index is 14.0. The monoisotopic (exact) mass is 796 g/mol. The zero-order valence-electron chi connectivity index (χ0n) is 31.2. The number of azo groups is 1. The summed E-state index contributed by atoms with van der Waals surface area (Å²) < 4.78 is 63.2. The molecule has 15 heteroatoms. The van der Waals surface area contributed by atoms with E-state index >= 15 is 0 Å². The summed E-state index contributed by atoms with van der Waals surface area (Å²) >= 11 is 0. The van der Waals surface area contributed by atoms with Crippen LogP contribution in [0.2, 0.25) is 0 Å².